The third-order valence-electron chi connectivity index (χ3n) is 4.05. The molecule has 0 bridgehead atoms. The van der Waals surface area contributed by atoms with Gasteiger partial charge in [-0.15, -0.1) is 0 Å². The van der Waals surface area contributed by atoms with Crippen LogP contribution in [0.3, 0.4) is 0 Å². The second-order valence-corrected chi connectivity index (χ2v) is 5.69. The van der Waals surface area contributed by atoms with Crippen molar-refractivity contribution in [1.82, 2.24) is 4.90 Å². The molecule has 0 spiro atoms. The molecule has 2 rings (SSSR count). The number of nitrogens with two attached hydrogens (primary N) is 1. The molecule has 0 aliphatic carbocycles. The highest BCUT2D eigenvalue weighted by atomic mass is 16.5. The molecule has 6 heteroatoms. The van der Waals surface area contributed by atoms with Crippen LogP contribution in [0, 0.1) is 5.92 Å². The van der Waals surface area contributed by atoms with Gasteiger partial charge in [0.15, 0.2) is 0 Å². The van der Waals surface area contributed by atoms with Crippen LogP contribution < -0.4 is 10.5 Å². The number of carboxylic acid groups (broad SMARTS) is 1. The summed E-state index contributed by atoms with van der Waals surface area (Å²) in [6.07, 6.45) is 0.758. The van der Waals surface area contributed by atoms with Crippen molar-refractivity contribution in [3.63, 3.8) is 0 Å². The monoisotopic (exact) mass is 308 g/mol. The van der Waals surface area contributed by atoms with Crippen molar-refractivity contribution in [1.29, 1.82) is 0 Å². The minimum absolute atomic E-state index is 0.369. The Kier molecular flexibility index (Phi) is 6.03. The van der Waals surface area contributed by atoms with Crippen LogP contribution in [0.25, 0.3) is 0 Å². The molecule has 0 radical (unpaired) electrons. The lowest BCUT2D eigenvalue weighted by Crippen LogP contribution is -2.38. The zero-order valence-electron chi connectivity index (χ0n) is 12.6. The molecule has 1 amide bonds. The molecule has 1 fully saturated rings. The Morgan fingerprint density at radius 3 is 2.77 bits per heavy atom. The SMILES string of the molecule is NCCC(O)c1cccc(OCC2CCN(C(=O)O)CC2)c1. The molecule has 22 heavy (non-hydrogen) atoms. The van der Waals surface area contributed by atoms with Gasteiger partial charge in [-0.1, -0.05) is 12.1 Å². The van der Waals surface area contributed by atoms with E-state index in [9.17, 15) is 9.90 Å². The number of rotatable bonds is 6. The standard InChI is InChI=1S/C16H24N2O4/c17-7-4-15(19)13-2-1-3-14(10-13)22-11-12-5-8-18(9-6-12)16(20)21/h1-3,10,12,15,19H,4-9,11,17H2,(H,20,21). The number of likely N-dealkylation sites (tertiary alicyclic amines) is 1. The van der Waals surface area contributed by atoms with Crippen molar-refractivity contribution in [2.75, 3.05) is 26.2 Å². The molecule has 1 unspecified atom stereocenters. The summed E-state index contributed by atoms with van der Waals surface area (Å²) in [6.45, 7) is 2.15. The van der Waals surface area contributed by atoms with E-state index in [0.29, 0.717) is 38.6 Å². The van der Waals surface area contributed by atoms with Crippen LogP contribution in [-0.2, 0) is 0 Å². The van der Waals surface area contributed by atoms with Crippen molar-refractivity contribution in [3.8, 4) is 5.75 Å². The summed E-state index contributed by atoms with van der Waals surface area (Å²) in [4.78, 5) is 12.3. The van der Waals surface area contributed by atoms with Crippen LogP contribution in [0.5, 0.6) is 5.75 Å². The molecule has 0 saturated carbocycles. The van der Waals surface area contributed by atoms with E-state index in [1.165, 1.54) is 4.90 Å². The lowest BCUT2D eigenvalue weighted by atomic mass is 9.98. The van der Waals surface area contributed by atoms with Crippen molar-refractivity contribution < 1.29 is 19.7 Å². The molecular formula is C16H24N2O4. The van der Waals surface area contributed by atoms with E-state index in [2.05, 4.69) is 0 Å². The molecule has 1 atom stereocenters. The number of aliphatic hydroxyl groups excluding tert-OH is 1. The fourth-order valence-electron chi connectivity index (χ4n) is 2.64. The number of benzene rings is 1. The molecule has 1 aromatic carbocycles. The van der Waals surface area contributed by atoms with E-state index in [0.717, 1.165) is 24.2 Å². The fourth-order valence-corrected chi connectivity index (χ4v) is 2.64. The van der Waals surface area contributed by atoms with Gasteiger partial charge in [-0.25, -0.2) is 4.79 Å². The Bertz CT molecular complexity index is 487. The number of hydrogen-bond acceptors (Lipinski definition) is 4. The van der Waals surface area contributed by atoms with Crippen molar-refractivity contribution in [2.45, 2.75) is 25.4 Å². The molecule has 0 aromatic heterocycles. The summed E-state index contributed by atoms with van der Waals surface area (Å²) in [6, 6.07) is 7.42. The lowest BCUT2D eigenvalue weighted by molar-refractivity contribution is 0.111. The molecule has 1 aliphatic heterocycles. The predicted octanol–water partition coefficient (Wildman–Crippen LogP) is 1.84. The van der Waals surface area contributed by atoms with Crippen LogP contribution in [-0.4, -0.2) is 47.4 Å². The highest BCUT2D eigenvalue weighted by molar-refractivity contribution is 5.64. The highest BCUT2D eigenvalue weighted by Gasteiger charge is 2.22. The number of carbonyl (C=O) groups is 1. The summed E-state index contributed by atoms with van der Waals surface area (Å²) >= 11 is 0. The van der Waals surface area contributed by atoms with E-state index in [-0.39, 0.29) is 0 Å². The smallest absolute Gasteiger partial charge is 0.407 e. The summed E-state index contributed by atoms with van der Waals surface area (Å²) < 4.78 is 5.80. The Balaban J connectivity index is 1.82. The van der Waals surface area contributed by atoms with Gasteiger partial charge >= 0.3 is 6.09 Å². The van der Waals surface area contributed by atoms with Gasteiger partial charge < -0.3 is 25.6 Å². The normalized spacial score (nSPS) is 17.3. The Labute approximate surface area is 130 Å². The topological polar surface area (TPSA) is 96.0 Å². The van der Waals surface area contributed by atoms with Crippen molar-refractivity contribution in [3.05, 3.63) is 29.8 Å². The molecule has 1 heterocycles. The van der Waals surface area contributed by atoms with Gasteiger partial charge in [-0.3, -0.25) is 0 Å². The summed E-state index contributed by atoms with van der Waals surface area (Å²) in [5, 5.41) is 18.9. The highest BCUT2D eigenvalue weighted by Crippen LogP contribution is 2.23. The van der Waals surface area contributed by atoms with E-state index in [1.807, 2.05) is 24.3 Å². The van der Waals surface area contributed by atoms with Gasteiger partial charge in [-0.2, -0.15) is 0 Å². The van der Waals surface area contributed by atoms with Gasteiger partial charge in [0, 0.05) is 13.1 Å². The molecule has 122 valence electrons. The molecule has 1 aromatic rings. The summed E-state index contributed by atoms with van der Waals surface area (Å²) in [5.74, 6) is 1.10. The summed E-state index contributed by atoms with van der Waals surface area (Å²) in [7, 11) is 0. The van der Waals surface area contributed by atoms with Gasteiger partial charge in [0.2, 0.25) is 0 Å². The van der Waals surface area contributed by atoms with Crippen LogP contribution >= 0.6 is 0 Å². The molecule has 6 nitrogen and oxygen atoms in total. The maximum Gasteiger partial charge on any atom is 0.407 e. The predicted molar refractivity (Wildman–Crippen MR) is 82.9 cm³/mol. The van der Waals surface area contributed by atoms with Crippen LogP contribution in [0.2, 0.25) is 0 Å². The van der Waals surface area contributed by atoms with Crippen molar-refractivity contribution in [2.24, 2.45) is 11.7 Å². The van der Waals surface area contributed by atoms with E-state index in [1.54, 1.807) is 0 Å². The first-order valence-corrected chi connectivity index (χ1v) is 7.69. The van der Waals surface area contributed by atoms with E-state index in [4.69, 9.17) is 15.6 Å². The van der Waals surface area contributed by atoms with Gasteiger partial charge in [0.1, 0.15) is 5.75 Å². The Morgan fingerprint density at radius 1 is 1.41 bits per heavy atom. The quantitative estimate of drug-likeness (QED) is 0.745. The van der Waals surface area contributed by atoms with E-state index < -0.39 is 12.2 Å². The van der Waals surface area contributed by atoms with Crippen LogP contribution in [0.4, 0.5) is 4.79 Å². The van der Waals surface area contributed by atoms with Gasteiger partial charge in [0.05, 0.1) is 12.7 Å². The Morgan fingerprint density at radius 2 is 2.14 bits per heavy atom. The molecule has 1 saturated heterocycles. The number of amides is 1. The number of nitrogens with zero attached hydrogens (tertiary/aromatic N) is 1. The first kappa shape index (κ1) is 16.6. The average molecular weight is 308 g/mol. The Hall–Kier alpha value is -1.79. The number of aliphatic hydroxyl groups is 1. The third kappa shape index (κ3) is 4.61. The van der Waals surface area contributed by atoms with Crippen LogP contribution in [0.15, 0.2) is 24.3 Å². The zero-order chi connectivity index (χ0) is 15.9. The van der Waals surface area contributed by atoms with Gasteiger partial charge in [-0.05, 0) is 49.4 Å². The third-order valence-corrected chi connectivity index (χ3v) is 4.05. The molecular weight excluding hydrogens is 284 g/mol. The minimum atomic E-state index is -0.846. The van der Waals surface area contributed by atoms with E-state index >= 15 is 0 Å². The number of hydrogen-bond donors (Lipinski definition) is 3. The average Bonchev–Trinajstić information content (AvgIpc) is 2.54. The first-order chi connectivity index (χ1) is 10.6. The number of piperidine rings is 1. The zero-order valence-corrected chi connectivity index (χ0v) is 12.6. The number of ether oxygens (including phenoxy) is 1. The van der Waals surface area contributed by atoms with Crippen molar-refractivity contribution >= 4 is 6.09 Å². The molecule has 1 aliphatic rings. The maximum absolute atomic E-state index is 10.9. The second-order valence-electron chi connectivity index (χ2n) is 5.69. The maximum atomic E-state index is 10.9. The minimum Gasteiger partial charge on any atom is -0.493 e. The summed E-state index contributed by atoms with van der Waals surface area (Å²) in [5.41, 5.74) is 6.27. The second kappa shape index (κ2) is 8.00. The van der Waals surface area contributed by atoms with Gasteiger partial charge in [0.25, 0.3) is 0 Å². The molecule has 4 N–H and O–H groups in total. The largest absolute Gasteiger partial charge is 0.493 e. The van der Waals surface area contributed by atoms with Crippen LogP contribution in [0.1, 0.15) is 30.9 Å². The fraction of sp³-hybridized carbons (Fsp3) is 0.562. The first-order valence-electron chi connectivity index (χ1n) is 7.69. The lowest BCUT2D eigenvalue weighted by Gasteiger charge is -2.29.